The summed E-state index contributed by atoms with van der Waals surface area (Å²) in [6, 6.07) is 0. The minimum absolute atomic E-state index is 0.0567. The monoisotopic (exact) mass is 261 g/mol. The number of hydrogen-bond donors (Lipinski definition) is 2. The second kappa shape index (κ2) is 4.05. The number of nitrogens with zero attached hydrogens (tertiary/aromatic N) is 3. The van der Waals surface area contributed by atoms with Crippen molar-refractivity contribution in [2.45, 2.75) is 24.2 Å². The Hall–Kier alpha value is -0.960. The van der Waals surface area contributed by atoms with E-state index in [0.29, 0.717) is 5.82 Å². The molecule has 1 aliphatic heterocycles. The maximum Gasteiger partial charge on any atom is 0.262 e. The van der Waals surface area contributed by atoms with E-state index in [1.165, 1.54) is 6.20 Å². The fourth-order valence-corrected chi connectivity index (χ4v) is 3.22. The summed E-state index contributed by atoms with van der Waals surface area (Å²) in [5.41, 5.74) is 0. The van der Waals surface area contributed by atoms with Gasteiger partial charge in [0.05, 0.1) is 12.2 Å². The Labute approximate surface area is 99.4 Å². The van der Waals surface area contributed by atoms with E-state index in [-0.39, 0.29) is 18.1 Å². The third kappa shape index (κ3) is 2.08. The van der Waals surface area contributed by atoms with Crippen LogP contribution >= 0.6 is 0 Å². The summed E-state index contributed by atoms with van der Waals surface area (Å²) in [6.45, 7) is 1.50. The van der Waals surface area contributed by atoms with Crippen LogP contribution in [0.4, 0.5) is 0 Å². The van der Waals surface area contributed by atoms with Crippen molar-refractivity contribution in [3.8, 4) is 0 Å². The normalized spacial score (nSPS) is 26.6. The van der Waals surface area contributed by atoms with Crippen molar-refractivity contribution in [3.63, 3.8) is 0 Å². The van der Waals surface area contributed by atoms with Gasteiger partial charge in [0, 0.05) is 26.3 Å². The van der Waals surface area contributed by atoms with Crippen LogP contribution in [-0.4, -0.2) is 57.8 Å². The summed E-state index contributed by atoms with van der Waals surface area (Å²) < 4.78 is 26.9. The lowest BCUT2D eigenvalue weighted by Crippen LogP contribution is -2.30. The molecule has 2 heterocycles. The van der Waals surface area contributed by atoms with Gasteiger partial charge in [0.25, 0.3) is 10.0 Å². The number of aryl methyl sites for hydroxylation is 2. The predicted octanol–water partition coefficient (Wildman–Crippen LogP) is -1.55. The molecule has 1 aliphatic rings. The Balaban J connectivity index is 2.31. The maximum absolute atomic E-state index is 12.1. The number of hydrogen-bond acceptors (Lipinski definition) is 5. The summed E-state index contributed by atoms with van der Waals surface area (Å²) >= 11 is 0. The molecule has 0 saturated carbocycles. The maximum atomic E-state index is 12.1. The summed E-state index contributed by atoms with van der Waals surface area (Å²) in [6.07, 6.45) is -0.647. The number of sulfonamides is 1. The quantitative estimate of drug-likeness (QED) is 0.672. The molecule has 2 N–H and O–H groups in total. The Morgan fingerprint density at radius 2 is 1.88 bits per heavy atom. The summed E-state index contributed by atoms with van der Waals surface area (Å²) in [7, 11) is -2.02. The van der Waals surface area contributed by atoms with Gasteiger partial charge >= 0.3 is 0 Å². The molecule has 2 rings (SSSR count). The number of β-amino-alcohol motifs (C(OH)–C–C–N with tert-alkyl or cyclic N) is 2. The topological polar surface area (TPSA) is 95.7 Å². The van der Waals surface area contributed by atoms with Crippen molar-refractivity contribution in [2.75, 3.05) is 13.1 Å². The molecule has 1 fully saturated rings. The number of aliphatic hydroxyl groups excluding tert-OH is 2. The molecule has 17 heavy (non-hydrogen) atoms. The lowest BCUT2D eigenvalue weighted by atomic mass is 10.3. The van der Waals surface area contributed by atoms with E-state index in [4.69, 9.17) is 0 Å². The van der Waals surface area contributed by atoms with E-state index in [9.17, 15) is 18.6 Å². The van der Waals surface area contributed by atoms with Gasteiger partial charge in [-0.1, -0.05) is 0 Å². The summed E-state index contributed by atoms with van der Waals surface area (Å²) in [5, 5.41) is 18.7. The molecular weight excluding hydrogens is 246 g/mol. The van der Waals surface area contributed by atoms with Gasteiger partial charge in [-0.25, -0.2) is 13.4 Å². The molecule has 0 bridgehead atoms. The molecule has 2 unspecified atom stereocenters. The minimum Gasteiger partial charge on any atom is -0.389 e. The summed E-state index contributed by atoms with van der Waals surface area (Å²) in [4.78, 5) is 3.95. The second-order valence-corrected chi connectivity index (χ2v) is 6.08. The van der Waals surface area contributed by atoms with Gasteiger partial charge in [-0.2, -0.15) is 4.31 Å². The lowest BCUT2D eigenvalue weighted by Gasteiger charge is -2.12. The van der Waals surface area contributed by atoms with Crippen LogP contribution < -0.4 is 0 Å². The van der Waals surface area contributed by atoms with Crippen LogP contribution in [0.3, 0.4) is 0 Å². The van der Waals surface area contributed by atoms with E-state index < -0.39 is 22.2 Å². The third-order valence-electron chi connectivity index (χ3n) is 2.92. The Kier molecular flexibility index (Phi) is 2.98. The second-order valence-electron chi connectivity index (χ2n) is 4.19. The van der Waals surface area contributed by atoms with Crippen LogP contribution in [0.25, 0.3) is 0 Å². The minimum atomic E-state index is -3.72. The van der Waals surface area contributed by atoms with Gasteiger partial charge in [0.15, 0.2) is 5.03 Å². The first-order chi connectivity index (χ1) is 7.82. The first-order valence-electron chi connectivity index (χ1n) is 5.18. The largest absolute Gasteiger partial charge is 0.389 e. The SMILES string of the molecule is Cc1nc(S(=O)(=O)N2CC(O)C(O)C2)cn1C. The van der Waals surface area contributed by atoms with Crippen molar-refractivity contribution in [2.24, 2.45) is 7.05 Å². The highest BCUT2D eigenvalue weighted by Crippen LogP contribution is 2.20. The van der Waals surface area contributed by atoms with Gasteiger partial charge in [-0.3, -0.25) is 0 Å². The number of rotatable bonds is 2. The van der Waals surface area contributed by atoms with Crippen molar-refractivity contribution in [1.82, 2.24) is 13.9 Å². The fraction of sp³-hybridized carbons (Fsp3) is 0.667. The van der Waals surface area contributed by atoms with Crippen LogP contribution in [0.5, 0.6) is 0 Å². The molecule has 7 nitrogen and oxygen atoms in total. The Bertz CT molecular complexity index is 495. The fourth-order valence-electron chi connectivity index (χ4n) is 1.71. The van der Waals surface area contributed by atoms with Crippen molar-refractivity contribution >= 4 is 10.0 Å². The van der Waals surface area contributed by atoms with Crippen LogP contribution in [0, 0.1) is 6.92 Å². The van der Waals surface area contributed by atoms with Gasteiger partial charge in [-0.05, 0) is 6.92 Å². The van der Waals surface area contributed by atoms with E-state index >= 15 is 0 Å². The molecule has 8 heteroatoms. The molecule has 0 aromatic carbocycles. The summed E-state index contributed by atoms with van der Waals surface area (Å²) in [5.74, 6) is 0.587. The van der Waals surface area contributed by atoms with E-state index in [2.05, 4.69) is 4.98 Å². The highest BCUT2D eigenvalue weighted by Gasteiger charge is 2.38. The average Bonchev–Trinajstić information content (AvgIpc) is 2.74. The van der Waals surface area contributed by atoms with E-state index in [0.717, 1.165) is 4.31 Å². The zero-order valence-corrected chi connectivity index (χ0v) is 10.4. The molecule has 0 spiro atoms. The average molecular weight is 261 g/mol. The molecular formula is C9H15N3O4S. The molecule has 0 aliphatic carbocycles. The molecule has 96 valence electrons. The first kappa shape index (κ1) is 12.5. The lowest BCUT2D eigenvalue weighted by molar-refractivity contribution is 0.0572. The Morgan fingerprint density at radius 3 is 2.29 bits per heavy atom. The Morgan fingerprint density at radius 1 is 1.35 bits per heavy atom. The number of aliphatic hydroxyl groups is 2. The van der Waals surface area contributed by atoms with Crippen molar-refractivity contribution in [3.05, 3.63) is 12.0 Å². The molecule has 0 amide bonds. The highest BCUT2D eigenvalue weighted by molar-refractivity contribution is 7.89. The number of imidazole rings is 1. The van der Waals surface area contributed by atoms with Crippen LogP contribution in [-0.2, 0) is 17.1 Å². The predicted molar refractivity (Wildman–Crippen MR) is 58.7 cm³/mol. The van der Waals surface area contributed by atoms with E-state index in [1.807, 2.05) is 0 Å². The zero-order chi connectivity index (χ0) is 12.8. The standard InChI is InChI=1S/C9H15N3O4S/c1-6-10-9(5-11(6)2)17(15,16)12-3-7(13)8(14)4-12/h5,7-8,13-14H,3-4H2,1-2H3. The molecule has 1 saturated heterocycles. The smallest absolute Gasteiger partial charge is 0.262 e. The zero-order valence-electron chi connectivity index (χ0n) is 9.61. The van der Waals surface area contributed by atoms with Crippen LogP contribution in [0.15, 0.2) is 11.2 Å². The van der Waals surface area contributed by atoms with Crippen molar-refractivity contribution in [1.29, 1.82) is 0 Å². The van der Waals surface area contributed by atoms with Gasteiger partial charge in [0.1, 0.15) is 5.82 Å². The molecule has 2 atom stereocenters. The van der Waals surface area contributed by atoms with Gasteiger partial charge < -0.3 is 14.8 Å². The third-order valence-corrected chi connectivity index (χ3v) is 4.62. The molecule has 1 aromatic heterocycles. The van der Waals surface area contributed by atoms with Crippen LogP contribution in [0.1, 0.15) is 5.82 Å². The number of aromatic nitrogens is 2. The first-order valence-corrected chi connectivity index (χ1v) is 6.62. The van der Waals surface area contributed by atoms with Gasteiger partial charge in [-0.15, -0.1) is 0 Å². The van der Waals surface area contributed by atoms with Gasteiger partial charge in [0.2, 0.25) is 0 Å². The van der Waals surface area contributed by atoms with Crippen LogP contribution in [0.2, 0.25) is 0 Å². The van der Waals surface area contributed by atoms with E-state index in [1.54, 1.807) is 18.5 Å². The molecule has 1 aromatic rings. The molecule has 0 radical (unpaired) electrons. The highest BCUT2D eigenvalue weighted by atomic mass is 32.2. The van der Waals surface area contributed by atoms with Crippen molar-refractivity contribution < 1.29 is 18.6 Å².